The Labute approximate surface area is 215 Å². The zero-order valence-electron chi connectivity index (χ0n) is 20.4. The SMILES string of the molecule is CC(C)(O)c1ccc2c(c1)/C(=C/CCN1CC13C(O)C3(F)c1ccc(Cl)cc1)C1=C(CO2)NCC=C1. The molecule has 3 aliphatic heterocycles. The van der Waals surface area contributed by atoms with Gasteiger partial charge in [-0.2, -0.15) is 0 Å². The van der Waals surface area contributed by atoms with Crippen LogP contribution in [-0.2, 0) is 11.3 Å². The van der Waals surface area contributed by atoms with Gasteiger partial charge in [0.1, 0.15) is 24.0 Å². The molecule has 1 saturated carbocycles. The first-order chi connectivity index (χ1) is 17.2. The van der Waals surface area contributed by atoms with Crippen LogP contribution in [0.15, 0.2) is 72.0 Å². The highest BCUT2D eigenvalue weighted by atomic mass is 35.5. The summed E-state index contributed by atoms with van der Waals surface area (Å²) in [6.45, 7) is 5.88. The van der Waals surface area contributed by atoms with E-state index in [1.54, 1.807) is 38.1 Å². The van der Waals surface area contributed by atoms with E-state index < -0.39 is 22.9 Å². The van der Waals surface area contributed by atoms with Gasteiger partial charge in [-0.15, -0.1) is 0 Å². The molecule has 36 heavy (non-hydrogen) atoms. The molecule has 4 aliphatic rings. The minimum absolute atomic E-state index is 0.443. The molecule has 2 aromatic carbocycles. The standard InChI is InChI=1S/C29H30ClFN2O3/c1-27(2,35)19-9-12-25-23(15-19)21(22-5-3-13-32-24(22)16-36-25)6-4-14-33-17-28(33)26(34)29(28,31)18-7-10-20(30)11-8-18/h3,5-12,15,26,32,34-35H,4,13-14,16-17H2,1-2H3/b21-6+. The van der Waals surface area contributed by atoms with E-state index in [2.05, 4.69) is 23.5 Å². The molecular formula is C29H30ClFN2O3. The second kappa shape index (κ2) is 8.18. The maximum atomic E-state index is 15.8. The molecule has 1 spiro atoms. The minimum Gasteiger partial charge on any atom is -0.487 e. The Hall–Kier alpha value is -2.64. The quantitative estimate of drug-likeness (QED) is 0.521. The summed E-state index contributed by atoms with van der Waals surface area (Å²) in [4.78, 5) is 2.02. The molecule has 1 saturated heterocycles. The van der Waals surface area contributed by atoms with E-state index in [0.717, 1.165) is 40.3 Å². The van der Waals surface area contributed by atoms with Crippen molar-refractivity contribution in [3.8, 4) is 5.75 Å². The fraction of sp³-hybridized carbons (Fsp3) is 0.379. The molecule has 6 rings (SSSR count). The molecule has 7 heteroatoms. The van der Waals surface area contributed by atoms with E-state index in [9.17, 15) is 10.2 Å². The molecule has 0 amide bonds. The molecule has 3 heterocycles. The van der Waals surface area contributed by atoms with Gasteiger partial charge in [-0.3, -0.25) is 4.90 Å². The average Bonchev–Trinajstić information content (AvgIpc) is 3.71. The van der Waals surface area contributed by atoms with Crippen molar-refractivity contribution in [3.63, 3.8) is 0 Å². The van der Waals surface area contributed by atoms with Crippen LogP contribution in [0.2, 0.25) is 5.02 Å². The largest absolute Gasteiger partial charge is 0.487 e. The smallest absolute Gasteiger partial charge is 0.185 e. The number of ether oxygens (including phenoxy) is 1. The highest BCUT2D eigenvalue weighted by Gasteiger charge is 2.89. The molecule has 5 nitrogen and oxygen atoms in total. The van der Waals surface area contributed by atoms with Gasteiger partial charge in [-0.05, 0) is 61.2 Å². The highest BCUT2D eigenvalue weighted by molar-refractivity contribution is 6.30. The molecule has 4 atom stereocenters. The number of hydrogen-bond donors (Lipinski definition) is 3. The maximum Gasteiger partial charge on any atom is 0.185 e. The molecule has 4 unspecified atom stereocenters. The van der Waals surface area contributed by atoms with Gasteiger partial charge >= 0.3 is 0 Å². The van der Waals surface area contributed by atoms with Gasteiger partial charge in [0.2, 0.25) is 0 Å². The Morgan fingerprint density at radius 1 is 1.25 bits per heavy atom. The Morgan fingerprint density at radius 2 is 2.03 bits per heavy atom. The lowest BCUT2D eigenvalue weighted by atomic mass is 9.89. The van der Waals surface area contributed by atoms with Crippen LogP contribution in [0.3, 0.4) is 0 Å². The number of aliphatic hydroxyl groups is 2. The summed E-state index contributed by atoms with van der Waals surface area (Å²) in [5, 5.41) is 25.2. The normalized spacial score (nSPS) is 31.4. The van der Waals surface area contributed by atoms with Crippen LogP contribution in [0.25, 0.3) is 5.57 Å². The lowest BCUT2D eigenvalue weighted by Crippen LogP contribution is -2.22. The first kappa shape index (κ1) is 23.7. The number of halogens is 2. The summed E-state index contributed by atoms with van der Waals surface area (Å²) < 4.78 is 22.0. The van der Waals surface area contributed by atoms with Crippen LogP contribution in [0.4, 0.5) is 4.39 Å². The Morgan fingerprint density at radius 3 is 2.78 bits per heavy atom. The van der Waals surface area contributed by atoms with E-state index in [1.165, 1.54) is 0 Å². The first-order valence-electron chi connectivity index (χ1n) is 12.4. The van der Waals surface area contributed by atoms with Crippen molar-refractivity contribution < 1.29 is 19.3 Å². The zero-order chi connectivity index (χ0) is 25.3. The number of nitrogens with zero attached hydrogens (tertiary/aromatic N) is 1. The highest BCUT2D eigenvalue weighted by Crippen LogP contribution is 2.69. The van der Waals surface area contributed by atoms with Gasteiger partial charge in [0.05, 0.1) is 11.3 Å². The summed E-state index contributed by atoms with van der Waals surface area (Å²) in [6.07, 6.45) is 6.00. The van der Waals surface area contributed by atoms with Crippen LogP contribution in [0.1, 0.15) is 37.0 Å². The Kier molecular flexibility index (Phi) is 5.40. The number of fused-ring (bicyclic) bond motifs is 1. The van der Waals surface area contributed by atoms with Crippen molar-refractivity contribution >= 4 is 17.2 Å². The summed E-state index contributed by atoms with van der Waals surface area (Å²) in [6, 6.07) is 12.5. The van der Waals surface area contributed by atoms with E-state index >= 15 is 4.39 Å². The number of allylic oxidation sites excluding steroid dienone is 3. The Bertz CT molecular complexity index is 1310. The number of aliphatic hydroxyl groups excluding tert-OH is 1. The van der Waals surface area contributed by atoms with Gasteiger partial charge in [0.25, 0.3) is 0 Å². The van der Waals surface area contributed by atoms with E-state index in [4.69, 9.17) is 16.3 Å². The van der Waals surface area contributed by atoms with Crippen LogP contribution in [0.5, 0.6) is 5.75 Å². The van der Waals surface area contributed by atoms with Crippen molar-refractivity contribution in [1.82, 2.24) is 10.2 Å². The van der Waals surface area contributed by atoms with Gasteiger partial charge in [0, 0.05) is 35.8 Å². The Balaban J connectivity index is 1.27. The number of alkyl halides is 1. The maximum absolute atomic E-state index is 15.8. The molecule has 0 aromatic heterocycles. The predicted octanol–water partition coefficient (Wildman–Crippen LogP) is 4.44. The van der Waals surface area contributed by atoms with E-state index in [0.29, 0.717) is 36.7 Å². The first-order valence-corrected chi connectivity index (χ1v) is 12.8. The molecular weight excluding hydrogens is 479 g/mol. The minimum atomic E-state index is -1.76. The molecule has 188 valence electrons. The van der Waals surface area contributed by atoms with E-state index in [1.807, 2.05) is 23.1 Å². The van der Waals surface area contributed by atoms with Crippen molar-refractivity contribution in [2.45, 2.75) is 43.2 Å². The summed E-state index contributed by atoms with van der Waals surface area (Å²) in [5.41, 5.74) is 1.76. The summed E-state index contributed by atoms with van der Waals surface area (Å²) in [7, 11) is 0. The molecule has 2 aromatic rings. The number of rotatable bonds is 5. The topological polar surface area (TPSA) is 64.7 Å². The second-order valence-electron chi connectivity index (χ2n) is 10.6. The lowest BCUT2D eigenvalue weighted by Gasteiger charge is -2.21. The second-order valence-corrected chi connectivity index (χ2v) is 11.0. The van der Waals surface area contributed by atoms with Crippen LogP contribution >= 0.6 is 11.6 Å². The molecule has 0 bridgehead atoms. The van der Waals surface area contributed by atoms with Crippen LogP contribution in [-0.4, -0.2) is 53.0 Å². The van der Waals surface area contributed by atoms with Crippen LogP contribution in [0, 0.1) is 0 Å². The third kappa shape index (κ3) is 3.54. The number of dihydropyridines is 1. The summed E-state index contributed by atoms with van der Waals surface area (Å²) >= 11 is 5.97. The van der Waals surface area contributed by atoms with Gasteiger partial charge in [-0.1, -0.05) is 48.0 Å². The third-order valence-corrected chi connectivity index (χ3v) is 8.21. The molecule has 2 fully saturated rings. The molecule has 0 radical (unpaired) electrons. The fourth-order valence-electron chi connectivity index (χ4n) is 5.76. The third-order valence-electron chi connectivity index (χ3n) is 7.96. The van der Waals surface area contributed by atoms with Crippen molar-refractivity contribution in [1.29, 1.82) is 0 Å². The number of hydrogen-bond acceptors (Lipinski definition) is 5. The lowest BCUT2D eigenvalue weighted by molar-refractivity contribution is 0.0785. The molecule has 1 aliphatic carbocycles. The zero-order valence-corrected chi connectivity index (χ0v) is 21.1. The summed E-state index contributed by atoms with van der Waals surface area (Å²) in [5.74, 6) is 0.769. The number of nitrogens with one attached hydrogen (secondary N) is 1. The van der Waals surface area contributed by atoms with Crippen LogP contribution < -0.4 is 10.1 Å². The fourth-order valence-corrected chi connectivity index (χ4v) is 5.89. The van der Waals surface area contributed by atoms with Gasteiger partial charge < -0.3 is 20.3 Å². The predicted molar refractivity (Wildman–Crippen MR) is 138 cm³/mol. The van der Waals surface area contributed by atoms with Gasteiger partial charge in [-0.25, -0.2) is 4.39 Å². The molecule has 3 N–H and O–H groups in total. The monoisotopic (exact) mass is 508 g/mol. The average molecular weight is 509 g/mol. The van der Waals surface area contributed by atoms with E-state index in [-0.39, 0.29) is 0 Å². The van der Waals surface area contributed by atoms with Gasteiger partial charge in [0.15, 0.2) is 5.67 Å². The van der Waals surface area contributed by atoms with Crippen molar-refractivity contribution in [2.24, 2.45) is 0 Å². The van der Waals surface area contributed by atoms with Crippen molar-refractivity contribution in [3.05, 3.63) is 93.7 Å². The van der Waals surface area contributed by atoms with Crippen molar-refractivity contribution in [2.75, 3.05) is 26.2 Å². The number of benzene rings is 2.